The van der Waals surface area contributed by atoms with E-state index in [2.05, 4.69) is 25.9 Å². The number of hydrogen-bond donors (Lipinski definition) is 4. The molecule has 2 aliphatic carbocycles. The summed E-state index contributed by atoms with van der Waals surface area (Å²) in [6.07, 6.45) is 11.0. The maximum Gasteiger partial charge on any atom is 0.271 e. The fourth-order valence-electron chi connectivity index (χ4n) is 3.84. The molecule has 2 aliphatic rings. The van der Waals surface area contributed by atoms with Gasteiger partial charge in [-0.1, -0.05) is 25.7 Å². The molecule has 132 valence electrons. The van der Waals surface area contributed by atoms with Crippen molar-refractivity contribution in [2.75, 3.05) is 17.7 Å². The first-order valence-corrected chi connectivity index (χ1v) is 9.04. The van der Waals surface area contributed by atoms with Crippen LogP contribution in [0.4, 0.5) is 11.6 Å². The number of anilines is 2. The van der Waals surface area contributed by atoms with Crippen molar-refractivity contribution >= 4 is 17.5 Å². The fourth-order valence-corrected chi connectivity index (χ4v) is 3.84. The molecule has 0 spiro atoms. The van der Waals surface area contributed by atoms with Crippen LogP contribution in [0.1, 0.15) is 61.9 Å². The van der Waals surface area contributed by atoms with Crippen molar-refractivity contribution in [3.63, 3.8) is 0 Å². The summed E-state index contributed by atoms with van der Waals surface area (Å²) in [5.74, 6) is 0.671. The maximum atomic E-state index is 11.6. The zero-order valence-corrected chi connectivity index (χ0v) is 14.3. The molecule has 5 N–H and O–H groups in total. The van der Waals surface area contributed by atoms with E-state index in [1.807, 2.05) is 7.05 Å². The lowest BCUT2D eigenvalue weighted by atomic mass is 9.90. The molecule has 2 unspecified atom stereocenters. The molecule has 1 heterocycles. The number of primary amides is 1. The monoisotopic (exact) mass is 332 g/mol. The van der Waals surface area contributed by atoms with Gasteiger partial charge in [0.15, 0.2) is 11.5 Å². The normalized spacial score (nSPS) is 24.7. The van der Waals surface area contributed by atoms with Crippen LogP contribution in [0.15, 0.2) is 6.20 Å². The minimum atomic E-state index is -0.541. The summed E-state index contributed by atoms with van der Waals surface area (Å²) in [4.78, 5) is 20.5. The lowest BCUT2D eigenvalue weighted by molar-refractivity contribution is 0.0996. The molecule has 7 nitrogen and oxygen atoms in total. The predicted molar refractivity (Wildman–Crippen MR) is 95.2 cm³/mol. The quantitative estimate of drug-likeness (QED) is 0.634. The van der Waals surface area contributed by atoms with Crippen LogP contribution in [0.5, 0.6) is 0 Å². The number of nitrogens with zero attached hydrogens (tertiary/aromatic N) is 2. The maximum absolute atomic E-state index is 11.6. The first-order chi connectivity index (χ1) is 11.7. The van der Waals surface area contributed by atoms with Crippen LogP contribution in [-0.2, 0) is 0 Å². The fraction of sp³-hybridized carbons (Fsp3) is 0.706. The summed E-state index contributed by atoms with van der Waals surface area (Å²) in [7, 11) is 2.00. The van der Waals surface area contributed by atoms with Crippen LogP contribution < -0.4 is 21.7 Å². The number of amides is 1. The van der Waals surface area contributed by atoms with E-state index in [1.54, 1.807) is 6.20 Å². The van der Waals surface area contributed by atoms with Crippen molar-refractivity contribution in [1.29, 1.82) is 0 Å². The molecule has 2 saturated carbocycles. The topological polar surface area (TPSA) is 105 Å². The molecular weight excluding hydrogens is 304 g/mol. The van der Waals surface area contributed by atoms with E-state index >= 15 is 0 Å². The van der Waals surface area contributed by atoms with Gasteiger partial charge in [0.25, 0.3) is 5.91 Å². The molecule has 0 saturated heterocycles. The zero-order valence-electron chi connectivity index (χ0n) is 14.3. The van der Waals surface area contributed by atoms with E-state index in [4.69, 9.17) is 5.73 Å². The second kappa shape index (κ2) is 7.79. The standard InChI is InChI=1S/C17H28N6O/c1-19-12-8-4-5-9-13(12)22-14-10-20-15(16(18)24)17(23-14)21-11-6-2-3-7-11/h10-13,19H,2-9H2,1H3,(H2,18,24)(H2,21,22,23). The Morgan fingerprint density at radius 2 is 1.75 bits per heavy atom. The number of likely N-dealkylation sites (N-methyl/N-ethyl adjacent to an activating group) is 1. The molecular formula is C17H28N6O. The van der Waals surface area contributed by atoms with Gasteiger partial charge in [0.05, 0.1) is 6.20 Å². The van der Waals surface area contributed by atoms with Gasteiger partial charge in [-0.25, -0.2) is 9.97 Å². The minimum Gasteiger partial charge on any atom is -0.365 e. The summed E-state index contributed by atoms with van der Waals surface area (Å²) in [6.45, 7) is 0. The molecule has 0 aromatic carbocycles. The average Bonchev–Trinajstić information content (AvgIpc) is 3.08. The molecule has 1 aromatic rings. The third-order valence-electron chi connectivity index (χ3n) is 5.17. The van der Waals surface area contributed by atoms with Gasteiger partial charge < -0.3 is 21.7 Å². The Morgan fingerprint density at radius 1 is 1.08 bits per heavy atom. The molecule has 1 amide bonds. The number of carbonyl (C=O) groups excluding carboxylic acids is 1. The Kier molecular flexibility index (Phi) is 5.50. The molecule has 0 radical (unpaired) electrons. The van der Waals surface area contributed by atoms with E-state index in [-0.39, 0.29) is 5.69 Å². The predicted octanol–water partition coefficient (Wildman–Crippen LogP) is 1.87. The number of carbonyl (C=O) groups is 1. The second-order valence-electron chi connectivity index (χ2n) is 6.87. The Labute approximate surface area is 143 Å². The molecule has 0 bridgehead atoms. The summed E-state index contributed by atoms with van der Waals surface area (Å²) < 4.78 is 0. The highest BCUT2D eigenvalue weighted by Gasteiger charge is 2.25. The van der Waals surface area contributed by atoms with Crippen molar-refractivity contribution < 1.29 is 4.79 Å². The molecule has 3 rings (SSSR count). The largest absolute Gasteiger partial charge is 0.365 e. The molecule has 1 aromatic heterocycles. The van der Waals surface area contributed by atoms with Gasteiger partial charge in [0.1, 0.15) is 5.82 Å². The molecule has 2 atom stereocenters. The van der Waals surface area contributed by atoms with Gasteiger partial charge in [-0.05, 0) is 32.7 Å². The number of hydrogen-bond acceptors (Lipinski definition) is 6. The average molecular weight is 332 g/mol. The highest BCUT2D eigenvalue weighted by Crippen LogP contribution is 2.25. The van der Waals surface area contributed by atoms with Gasteiger partial charge in [-0.3, -0.25) is 4.79 Å². The Balaban J connectivity index is 1.76. The van der Waals surface area contributed by atoms with Crippen LogP contribution >= 0.6 is 0 Å². The smallest absolute Gasteiger partial charge is 0.271 e. The van der Waals surface area contributed by atoms with E-state index in [1.165, 1.54) is 25.7 Å². The van der Waals surface area contributed by atoms with Gasteiger partial charge in [-0.2, -0.15) is 0 Å². The molecule has 24 heavy (non-hydrogen) atoms. The molecule has 2 fully saturated rings. The lowest BCUT2D eigenvalue weighted by Gasteiger charge is -2.32. The summed E-state index contributed by atoms with van der Waals surface area (Å²) in [5.41, 5.74) is 5.68. The van der Waals surface area contributed by atoms with Crippen LogP contribution in [0.2, 0.25) is 0 Å². The van der Waals surface area contributed by atoms with Gasteiger partial charge in [0, 0.05) is 18.1 Å². The van der Waals surface area contributed by atoms with Crippen LogP contribution in [0.25, 0.3) is 0 Å². The third-order valence-corrected chi connectivity index (χ3v) is 5.17. The first-order valence-electron chi connectivity index (χ1n) is 9.04. The molecule has 7 heteroatoms. The third kappa shape index (κ3) is 3.95. The van der Waals surface area contributed by atoms with Crippen molar-refractivity contribution in [2.24, 2.45) is 5.73 Å². The van der Waals surface area contributed by atoms with Crippen molar-refractivity contribution in [2.45, 2.75) is 69.5 Å². The van der Waals surface area contributed by atoms with Crippen LogP contribution in [0.3, 0.4) is 0 Å². The Bertz CT molecular complexity index is 572. The summed E-state index contributed by atoms with van der Waals surface area (Å²) in [5, 5.41) is 10.2. The van der Waals surface area contributed by atoms with Gasteiger partial charge in [-0.15, -0.1) is 0 Å². The second-order valence-corrected chi connectivity index (χ2v) is 6.87. The highest BCUT2D eigenvalue weighted by molar-refractivity contribution is 5.95. The zero-order chi connectivity index (χ0) is 16.9. The van der Waals surface area contributed by atoms with E-state index in [0.717, 1.165) is 25.7 Å². The SMILES string of the molecule is CNC1CCCCC1Nc1cnc(C(N)=O)c(NC2CCCC2)n1. The highest BCUT2D eigenvalue weighted by atomic mass is 16.1. The van der Waals surface area contributed by atoms with Gasteiger partial charge in [0.2, 0.25) is 0 Å². The lowest BCUT2D eigenvalue weighted by Crippen LogP contribution is -2.44. The van der Waals surface area contributed by atoms with Gasteiger partial charge >= 0.3 is 0 Å². The van der Waals surface area contributed by atoms with E-state index in [0.29, 0.717) is 29.8 Å². The summed E-state index contributed by atoms with van der Waals surface area (Å²) in [6, 6.07) is 1.12. The Morgan fingerprint density at radius 3 is 2.42 bits per heavy atom. The summed E-state index contributed by atoms with van der Waals surface area (Å²) >= 11 is 0. The molecule has 0 aliphatic heterocycles. The first kappa shape index (κ1) is 17.0. The number of rotatable bonds is 6. The minimum absolute atomic E-state index is 0.223. The van der Waals surface area contributed by atoms with Crippen LogP contribution in [-0.4, -0.2) is 41.0 Å². The van der Waals surface area contributed by atoms with Crippen LogP contribution in [0, 0.1) is 0 Å². The number of aromatic nitrogens is 2. The van der Waals surface area contributed by atoms with E-state index < -0.39 is 5.91 Å². The number of nitrogens with two attached hydrogens (primary N) is 1. The van der Waals surface area contributed by atoms with Crippen molar-refractivity contribution in [3.05, 3.63) is 11.9 Å². The Hall–Kier alpha value is -1.89. The van der Waals surface area contributed by atoms with Crippen molar-refractivity contribution in [1.82, 2.24) is 15.3 Å². The van der Waals surface area contributed by atoms with E-state index in [9.17, 15) is 4.79 Å². The number of nitrogens with one attached hydrogen (secondary N) is 3. The van der Waals surface area contributed by atoms with Crippen molar-refractivity contribution in [3.8, 4) is 0 Å².